The van der Waals surface area contributed by atoms with Gasteiger partial charge in [0.25, 0.3) is 0 Å². The lowest BCUT2D eigenvalue weighted by Gasteiger charge is -2.16. The lowest BCUT2D eigenvalue weighted by Crippen LogP contribution is -2.35. The number of ether oxygens (including phenoxy) is 1. The molecule has 0 saturated heterocycles. The maximum atomic E-state index is 11.9. The summed E-state index contributed by atoms with van der Waals surface area (Å²) in [4.78, 5) is 11.9. The first-order chi connectivity index (χ1) is 9.61. The molecule has 0 heterocycles. The van der Waals surface area contributed by atoms with Gasteiger partial charge in [-0.3, -0.25) is 0 Å². The molecule has 0 bridgehead atoms. The van der Waals surface area contributed by atoms with E-state index in [-0.39, 0.29) is 18.1 Å². The molecule has 2 amide bonds. The van der Waals surface area contributed by atoms with Crippen molar-refractivity contribution in [2.24, 2.45) is 5.92 Å². The summed E-state index contributed by atoms with van der Waals surface area (Å²) in [6.07, 6.45) is 2.46. The molecule has 0 unspecified atom stereocenters. The van der Waals surface area contributed by atoms with Gasteiger partial charge in [-0.15, -0.1) is 0 Å². The third kappa shape index (κ3) is 3.55. The maximum Gasteiger partial charge on any atom is 0.319 e. The number of rotatable bonds is 4. The first kappa shape index (κ1) is 14.9. The van der Waals surface area contributed by atoms with E-state index in [9.17, 15) is 9.90 Å². The van der Waals surface area contributed by atoms with Gasteiger partial charge < -0.3 is 20.5 Å². The second-order valence-corrected chi connectivity index (χ2v) is 5.32. The van der Waals surface area contributed by atoms with E-state index >= 15 is 0 Å². The minimum Gasteiger partial charge on any atom is -0.493 e. The van der Waals surface area contributed by atoms with Crippen LogP contribution in [-0.4, -0.2) is 30.9 Å². The van der Waals surface area contributed by atoms with Gasteiger partial charge in [-0.2, -0.15) is 0 Å². The number of carbonyl (C=O) groups excluding carboxylic acids is 1. The average molecular weight is 299 g/mol. The predicted molar refractivity (Wildman–Crippen MR) is 78.4 cm³/mol. The van der Waals surface area contributed by atoms with Crippen molar-refractivity contribution in [2.45, 2.75) is 25.4 Å². The van der Waals surface area contributed by atoms with Crippen molar-refractivity contribution in [3.05, 3.63) is 23.2 Å². The highest BCUT2D eigenvalue weighted by molar-refractivity contribution is 6.32. The molecular weight excluding hydrogens is 280 g/mol. The van der Waals surface area contributed by atoms with Crippen LogP contribution in [0.5, 0.6) is 5.75 Å². The highest BCUT2D eigenvalue weighted by atomic mass is 35.5. The molecule has 110 valence electrons. The molecule has 1 aromatic rings. The standard InChI is InChI=1S/C14H19ClN2O3/c1-20-13-10(15)5-3-6-11(13)17-14(19)16-8-9-4-2-7-12(9)18/h3,5-6,9,12,18H,2,4,7-8H2,1H3,(H2,16,17,19)/t9-,12-/m0/s1. The second-order valence-electron chi connectivity index (χ2n) is 4.91. The van der Waals surface area contributed by atoms with Crippen LogP contribution in [0.15, 0.2) is 18.2 Å². The van der Waals surface area contributed by atoms with Gasteiger partial charge in [0, 0.05) is 12.5 Å². The second kappa shape index (κ2) is 6.81. The van der Waals surface area contributed by atoms with Gasteiger partial charge in [0.2, 0.25) is 0 Å². The zero-order valence-electron chi connectivity index (χ0n) is 11.4. The van der Waals surface area contributed by atoms with Gasteiger partial charge >= 0.3 is 6.03 Å². The molecule has 1 aliphatic rings. The first-order valence-electron chi connectivity index (χ1n) is 6.67. The van der Waals surface area contributed by atoms with Crippen molar-refractivity contribution in [1.29, 1.82) is 0 Å². The van der Waals surface area contributed by atoms with Gasteiger partial charge in [-0.1, -0.05) is 24.1 Å². The first-order valence-corrected chi connectivity index (χ1v) is 7.05. The van der Waals surface area contributed by atoms with Crippen LogP contribution in [0.2, 0.25) is 5.02 Å². The van der Waals surface area contributed by atoms with Crippen molar-refractivity contribution in [3.8, 4) is 5.75 Å². The fraction of sp³-hybridized carbons (Fsp3) is 0.500. The lowest BCUT2D eigenvalue weighted by atomic mass is 10.1. The Morgan fingerprint density at radius 3 is 2.95 bits per heavy atom. The molecule has 20 heavy (non-hydrogen) atoms. The number of amides is 2. The predicted octanol–water partition coefficient (Wildman–Crippen LogP) is 2.63. The highest BCUT2D eigenvalue weighted by Gasteiger charge is 2.25. The Labute approximate surface area is 123 Å². The number of nitrogens with one attached hydrogen (secondary N) is 2. The van der Waals surface area contributed by atoms with Crippen LogP contribution in [0.4, 0.5) is 10.5 Å². The zero-order valence-corrected chi connectivity index (χ0v) is 12.1. The maximum absolute atomic E-state index is 11.9. The molecule has 6 heteroatoms. The Morgan fingerprint density at radius 1 is 1.50 bits per heavy atom. The monoisotopic (exact) mass is 298 g/mol. The third-order valence-corrected chi connectivity index (χ3v) is 3.86. The van der Waals surface area contributed by atoms with E-state index in [2.05, 4.69) is 10.6 Å². The Kier molecular flexibility index (Phi) is 5.09. The average Bonchev–Trinajstić information content (AvgIpc) is 2.82. The summed E-state index contributed by atoms with van der Waals surface area (Å²) in [7, 11) is 1.50. The minimum atomic E-state index is -0.329. The van der Waals surface area contributed by atoms with Crippen LogP contribution < -0.4 is 15.4 Å². The molecule has 1 saturated carbocycles. The third-order valence-electron chi connectivity index (χ3n) is 3.56. The number of aliphatic hydroxyl groups is 1. The number of hydrogen-bond donors (Lipinski definition) is 3. The molecular formula is C14H19ClN2O3. The molecule has 3 N–H and O–H groups in total. The molecule has 2 rings (SSSR count). The van der Waals surface area contributed by atoms with Gasteiger partial charge in [0.05, 0.1) is 23.9 Å². The molecule has 1 aromatic carbocycles. The molecule has 0 aromatic heterocycles. The number of urea groups is 1. The Hall–Kier alpha value is -1.46. The summed E-state index contributed by atoms with van der Waals surface area (Å²) in [5.41, 5.74) is 0.518. The number of benzene rings is 1. The van der Waals surface area contributed by atoms with Gasteiger partial charge in [-0.05, 0) is 25.0 Å². The summed E-state index contributed by atoms with van der Waals surface area (Å²) in [6, 6.07) is 4.82. The quantitative estimate of drug-likeness (QED) is 0.800. The molecule has 1 aliphatic carbocycles. The number of anilines is 1. The van der Waals surface area contributed by atoms with E-state index in [0.29, 0.717) is 23.0 Å². The van der Waals surface area contributed by atoms with E-state index in [0.717, 1.165) is 19.3 Å². The molecule has 2 atom stereocenters. The zero-order chi connectivity index (χ0) is 14.5. The summed E-state index contributed by atoms with van der Waals surface area (Å²) in [5, 5.41) is 15.6. The van der Waals surface area contributed by atoms with E-state index in [1.165, 1.54) is 7.11 Å². The van der Waals surface area contributed by atoms with E-state index in [1.807, 2.05) is 0 Å². The largest absolute Gasteiger partial charge is 0.493 e. The Balaban J connectivity index is 1.90. The number of methoxy groups -OCH3 is 1. The fourth-order valence-corrected chi connectivity index (χ4v) is 2.71. The Morgan fingerprint density at radius 2 is 2.30 bits per heavy atom. The highest BCUT2D eigenvalue weighted by Crippen LogP contribution is 2.32. The summed E-state index contributed by atoms with van der Waals surface area (Å²) >= 11 is 5.98. The van der Waals surface area contributed by atoms with Crippen LogP contribution in [0.25, 0.3) is 0 Å². The Bertz CT molecular complexity index is 481. The number of para-hydroxylation sites is 1. The smallest absolute Gasteiger partial charge is 0.319 e. The van der Waals surface area contributed by atoms with Crippen LogP contribution in [0.3, 0.4) is 0 Å². The van der Waals surface area contributed by atoms with Gasteiger partial charge in [0.1, 0.15) is 0 Å². The molecule has 0 spiro atoms. The topological polar surface area (TPSA) is 70.6 Å². The molecule has 0 radical (unpaired) electrons. The molecule has 5 nitrogen and oxygen atoms in total. The summed E-state index contributed by atoms with van der Waals surface area (Å²) in [6.45, 7) is 0.468. The van der Waals surface area contributed by atoms with Gasteiger partial charge in [0.15, 0.2) is 5.75 Å². The van der Waals surface area contributed by atoms with Crippen molar-refractivity contribution in [1.82, 2.24) is 5.32 Å². The molecule has 1 fully saturated rings. The van der Waals surface area contributed by atoms with Crippen LogP contribution in [0.1, 0.15) is 19.3 Å². The van der Waals surface area contributed by atoms with E-state index < -0.39 is 0 Å². The minimum absolute atomic E-state index is 0.141. The van der Waals surface area contributed by atoms with Crippen molar-refractivity contribution < 1.29 is 14.6 Å². The fourth-order valence-electron chi connectivity index (χ4n) is 2.46. The van der Waals surface area contributed by atoms with E-state index in [1.54, 1.807) is 18.2 Å². The number of hydrogen-bond acceptors (Lipinski definition) is 3. The van der Waals surface area contributed by atoms with Crippen LogP contribution >= 0.6 is 11.6 Å². The van der Waals surface area contributed by atoms with Crippen molar-refractivity contribution in [2.75, 3.05) is 19.0 Å². The van der Waals surface area contributed by atoms with Crippen molar-refractivity contribution in [3.63, 3.8) is 0 Å². The number of aliphatic hydroxyl groups excluding tert-OH is 1. The normalized spacial score (nSPS) is 21.6. The number of halogens is 1. The van der Waals surface area contributed by atoms with Crippen LogP contribution in [0, 0.1) is 5.92 Å². The van der Waals surface area contributed by atoms with E-state index in [4.69, 9.17) is 16.3 Å². The summed E-state index contributed by atoms with van der Waals surface area (Å²) in [5.74, 6) is 0.576. The summed E-state index contributed by atoms with van der Waals surface area (Å²) < 4.78 is 5.16. The van der Waals surface area contributed by atoms with Gasteiger partial charge in [-0.25, -0.2) is 4.79 Å². The number of carbonyl (C=O) groups is 1. The van der Waals surface area contributed by atoms with Crippen LogP contribution in [-0.2, 0) is 0 Å². The lowest BCUT2D eigenvalue weighted by molar-refractivity contribution is 0.133. The SMILES string of the molecule is COc1c(Cl)cccc1NC(=O)NC[C@@H]1CCC[C@@H]1O. The molecule has 0 aliphatic heterocycles. The van der Waals surface area contributed by atoms with Crippen molar-refractivity contribution >= 4 is 23.3 Å².